The van der Waals surface area contributed by atoms with Gasteiger partial charge in [-0.2, -0.15) is 9.41 Å². The van der Waals surface area contributed by atoms with Crippen molar-refractivity contribution in [2.24, 2.45) is 5.10 Å². The monoisotopic (exact) mass is 386 g/mol. The molecule has 0 atom stereocenters. The first kappa shape index (κ1) is 19.1. The summed E-state index contributed by atoms with van der Waals surface area (Å²) in [6.45, 7) is 2.80. The lowest BCUT2D eigenvalue weighted by Crippen LogP contribution is -2.28. The highest BCUT2D eigenvalue weighted by Crippen LogP contribution is 2.21. The smallest absolute Gasteiger partial charge is 0.271 e. The van der Waals surface area contributed by atoms with Gasteiger partial charge >= 0.3 is 0 Å². The van der Waals surface area contributed by atoms with Crippen LogP contribution in [-0.2, 0) is 10.0 Å². The molecule has 1 amide bonds. The molecule has 1 fully saturated rings. The van der Waals surface area contributed by atoms with Crippen LogP contribution in [0.1, 0.15) is 35.7 Å². The zero-order chi connectivity index (χ0) is 19.4. The fourth-order valence-electron chi connectivity index (χ4n) is 2.86. The Labute approximate surface area is 158 Å². The number of benzene rings is 2. The van der Waals surface area contributed by atoms with Crippen LogP contribution in [0.25, 0.3) is 0 Å². The number of nitrogens with zero attached hydrogens (tertiary/aromatic N) is 2. The molecule has 0 spiro atoms. The second kappa shape index (κ2) is 7.89. The normalized spacial score (nSPS) is 15.7. The molecule has 2 aromatic rings. The molecule has 3 N–H and O–H groups in total. The first-order valence-corrected chi connectivity index (χ1v) is 10.1. The maximum absolute atomic E-state index is 12.6. The number of rotatable bonds is 5. The number of hydrogen-bond acceptors (Lipinski definition) is 5. The highest BCUT2D eigenvalue weighted by atomic mass is 32.2. The van der Waals surface area contributed by atoms with Gasteiger partial charge in [-0.15, -0.1) is 0 Å². The highest BCUT2D eigenvalue weighted by molar-refractivity contribution is 7.89. The Bertz CT molecular complexity index is 963. The molecule has 1 aliphatic heterocycles. The average molecular weight is 386 g/mol. The number of hydrazone groups is 1. The van der Waals surface area contributed by atoms with Gasteiger partial charge in [0.2, 0.25) is 10.0 Å². The quantitative estimate of drug-likeness (QED) is 0.467. The van der Waals surface area contributed by atoms with E-state index in [1.54, 1.807) is 31.2 Å². The van der Waals surface area contributed by atoms with Gasteiger partial charge in [0.25, 0.3) is 5.91 Å². The van der Waals surface area contributed by atoms with Gasteiger partial charge < -0.3 is 5.73 Å². The van der Waals surface area contributed by atoms with E-state index in [4.69, 9.17) is 5.73 Å². The minimum atomic E-state index is -3.57. The van der Waals surface area contributed by atoms with Gasteiger partial charge in [-0.1, -0.05) is 18.2 Å². The molecule has 8 heteroatoms. The van der Waals surface area contributed by atoms with Crippen LogP contribution in [0.5, 0.6) is 0 Å². The van der Waals surface area contributed by atoms with E-state index in [-0.39, 0.29) is 10.5 Å². The zero-order valence-corrected chi connectivity index (χ0v) is 15.9. The van der Waals surface area contributed by atoms with E-state index < -0.39 is 15.9 Å². The summed E-state index contributed by atoms with van der Waals surface area (Å²) in [5, 5.41) is 4.09. The second-order valence-electron chi connectivity index (χ2n) is 6.40. The number of hydrogen-bond donors (Lipinski definition) is 2. The van der Waals surface area contributed by atoms with Crippen molar-refractivity contribution in [3.63, 3.8) is 0 Å². The fourth-order valence-corrected chi connectivity index (χ4v) is 4.43. The summed E-state index contributed by atoms with van der Waals surface area (Å²) in [6.07, 6.45) is 1.72. The van der Waals surface area contributed by atoms with Crippen molar-refractivity contribution in [1.29, 1.82) is 0 Å². The fraction of sp³-hybridized carbons (Fsp3) is 0.263. The maximum atomic E-state index is 12.6. The number of carbonyl (C=O) groups is 1. The van der Waals surface area contributed by atoms with E-state index in [9.17, 15) is 13.2 Å². The van der Waals surface area contributed by atoms with Crippen molar-refractivity contribution in [3.05, 3.63) is 59.7 Å². The molecule has 0 saturated carbocycles. The predicted octanol–water partition coefficient (Wildman–Crippen LogP) is 2.21. The van der Waals surface area contributed by atoms with Crippen LogP contribution in [0, 0.1) is 0 Å². The van der Waals surface area contributed by atoms with E-state index in [0.29, 0.717) is 24.5 Å². The molecule has 1 aliphatic rings. The maximum Gasteiger partial charge on any atom is 0.271 e. The lowest BCUT2D eigenvalue weighted by atomic mass is 10.1. The van der Waals surface area contributed by atoms with Crippen molar-refractivity contribution in [2.75, 3.05) is 18.8 Å². The third-order valence-electron chi connectivity index (χ3n) is 4.45. The lowest BCUT2D eigenvalue weighted by molar-refractivity contribution is 0.0954. The van der Waals surface area contributed by atoms with Crippen LogP contribution in [0.4, 0.5) is 5.69 Å². The molecule has 0 aliphatic carbocycles. The molecule has 1 heterocycles. The third kappa shape index (κ3) is 4.35. The molecule has 0 aromatic heterocycles. The minimum Gasteiger partial charge on any atom is -0.399 e. The average Bonchev–Trinajstić information content (AvgIpc) is 3.22. The first-order valence-electron chi connectivity index (χ1n) is 8.69. The standard InChI is InChI=1S/C19H22N4O3S/c1-14(15-7-9-17(20)10-8-15)21-22-19(24)16-5-4-6-18(13-16)27(25,26)23-11-2-3-12-23/h4-10,13H,2-3,11-12,20H2,1H3,(H,22,24)/b21-14+. The molecule has 1 saturated heterocycles. The summed E-state index contributed by atoms with van der Waals surface area (Å²) in [6, 6.07) is 13.1. The molecule has 7 nitrogen and oxygen atoms in total. The predicted molar refractivity (Wildman–Crippen MR) is 105 cm³/mol. The number of nitrogen functional groups attached to an aromatic ring is 1. The number of anilines is 1. The van der Waals surface area contributed by atoms with E-state index >= 15 is 0 Å². The van der Waals surface area contributed by atoms with E-state index in [1.165, 1.54) is 16.4 Å². The number of amides is 1. The SMILES string of the molecule is C/C(=N\NC(=O)c1cccc(S(=O)(=O)N2CCCC2)c1)c1ccc(N)cc1. The van der Waals surface area contributed by atoms with Crippen molar-refractivity contribution in [1.82, 2.24) is 9.73 Å². The molecular formula is C19H22N4O3S. The van der Waals surface area contributed by atoms with Crippen LogP contribution < -0.4 is 11.2 Å². The lowest BCUT2D eigenvalue weighted by Gasteiger charge is -2.15. The second-order valence-corrected chi connectivity index (χ2v) is 8.34. The molecule has 0 bridgehead atoms. The molecular weight excluding hydrogens is 364 g/mol. The number of nitrogens with one attached hydrogen (secondary N) is 1. The van der Waals surface area contributed by atoms with Gasteiger partial charge in [0.15, 0.2) is 0 Å². The summed E-state index contributed by atoms with van der Waals surface area (Å²) >= 11 is 0. The zero-order valence-electron chi connectivity index (χ0n) is 15.1. The summed E-state index contributed by atoms with van der Waals surface area (Å²) in [5.74, 6) is -0.469. The molecule has 0 unspecified atom stereocenters. The summed E-state index contributed by atoms with van der Waals surface area (Å²) in [4.78, 5) is 12.5. The van der Waals surface area contributed by atoms with Gasteiger partial charge in [0.1, 0.15) is 0 Å². The van der Waals surface area contributed by atoms with E-state index in [2.05, 4.69) is 10.5 Å². The van der Waals surface area contributed by atoms with E-state index in [1.807, 2.05) is 12.1 Å². The Hall–Kier alpha value is -2.71. The van der Waals surface area contributed by atoms with Crippen LogP contribution in [0.2, 0.25) is 0 Å². The van der Waals surface area contributed by atoms with Crippen LogP contribution >= 0.6 is 0 Å². The van der Waals surface area contributed by atoms with Crippen molar-refractivity contribution < 1.29 is 13.2 Å². The van der Waals surface area contributed by atoms with E-state index in [0.717, 1.165) is 18.4 Å². The summed E-state index contributed by atoms with van der Waals surface area (Å²) in [7, 11) is -3.57. The van der Waals surface area contributed by atoms with Crippen LogP contribution in [0.15, 0.2) is 58.5 Å². The first-order chi connectivity index (χ1) is 12.9. The number of nitrogens with two attached hydrogens (primary N) is 1. The summed E-state index contributed by atoms with van der Waals surface area (Å²) < 4.78 is 26.7. The molecule has 3 rings (SSSR count). The van der Waals surface area contributed by atoms with Gasteiger partial charge in [0, 0.05) is 24.3 Å². The number of sulfonamides is 1. The highest BCUT2D eigenvalue weighted by Gasteiger charge is 2.27. The number of carbonyl (C=O) groups excluding carboxylic acids is 1. The Morgan fingerprint density at radius 2 is 1.74 bits per heavy atom. The minimum absolute atomic E-state index is 0.122. The van der Waals surface area contributed by atoms with Crippen molar-refractivity contribution >= 4 is 27.3 Å². The summed E-state index contributed by atoms with van der Waals surface area (Å²) in [5.41, 5.74) is 10.5. The topological polar surface area (TPSA) is 105 Å². The van der Waals surface area contributed by atoms with Crippen molar-refractivity contribution in [3.8, 4) is 0 Å². The molecule has 2 aromatic carbocycles. The van der Waals surface area contributed by atoms with Crippen molar-refractivity contribution in [2.45, 2.75) is 24.7 Å². The largest absolute Gasteiger partial charge is 0.399 e. The Kier molecular flexibility index (Phi) is 5.57. The molecule has 0 radical (unpaired) electrons. The van der Waals surface area contributed by atoms with Gasteiger partial charge in [0.05, 0.1) is 10.6 Å². The van der Waals surface area contributed by atoms with Crippen LogP contribution in [-0.4, -0.2) is 37.4 Å². The van der Waals surface area contributed by atoms with Gasteiger partial charge in [-0.3, -0.25) is 4.79 Å². The van der Waals surface area contributed by atoms with Gasteiger partial charge in [-0.05, 0) is 55.7 Å². The Morgan fingerprint density at radius 3 is 2.41 bits per heavy atom. The van der Waals surface area contributed by atoms with Crippen LogP contribution in [0.3, 0.4) is 0 Å². The Balaban J connectivity index is 1.75. The third-order valence-corrected chi connectivity index (χ3v) is 6.35. The molecule has 27 heavy (non-hydrogen) atoms. The Morgan fingerprint density at radius 1 is 1.07 bits per heavy atom. The molecule has 142 valence electrons. The van der Waals surface area contributed by atoms with Gasteiger partial charge in [-0.25, -0.2) is 13.8 Å².